The molecule has 2 aromatic rings. The quantitative estimate of drug-likeness (QED) is 0.771. The van der Waals surface area contributed by atoms with E-state index in [0.717, 1.165) is 22.5 Å². The average Bonchev–Trinajstić information content (AvgIpc) is 3.33. The summed E-state index contributed by atoms with van der Waals surface area (Å²) in [6, 6.07) is 1.45. The molecule has 0 radical (unpaired) electrons. The molecule has 2 aromatic heterocycles. The third-order valence-electron chi connectivity index (χ3n) is 5.65. The number of hydrogen-bond acceptors (Lipinski definition) is 4. The first-order valence-electron chi connectivity index (χ1n) is 9.26. The van der Waals surface area contributed by atoms with E-state index in [9.17, 15) is 13.6 Å². The van der Waals surface area contributed by atoms with Gasteiger partial charge in [-0.05, 0) is 37.5 Å². The lowest BCUT2D eigenvalue weighted by molar-refractivity contribution is -0.135. The lowest BCUT2D eigenvalue weighted by Crippen LogP contribution is -2.34. The number of amides is 1. The monoisotopic (exact) mass is 406 g/mol. The van der Waals surface area contributed by atoms with Gasteiger partial charge in [-0.25, -0.2) is 8.78 Å². The molecule has 2 aliphatic rings. The van der Waals surface area contributed by atoms with Crippen LogP contribution in [-0.4, -0.2) is 33.9 Å². The highest BCUT2D eigenvalue weighted by molar-refractivity contribution is 6.32. The van der Waals surface area contributed by atoms with Crippen LogP contribution in [-0.2, 0) is 17.9 Å². The molecule has 4 rings (SSSR count). The van der Waals surface area contributed by atoms with Crippen molar-refractivity contribution in [2.45, 2.75) is 39.8 Å². The Morgan fingerprint density at radius 1 is 1.29 bits per heavy atom. The third kappa shape index (κ3) is 3.32. The van der Waals surface area contributed by atoms with E-state index in [4.69, 9.17) is 11.6 Å². The highest BCUT2D eigenvalue weighted by Gasteiger charge is 2.35. The maximum Gasteiger partial charge on any atom is 0.265 e. The highest BCUT2D eigenvalue weighted by atomic mass is 35.5. The molecule has 2 aliphatic heterocycles. The molecule has 0 saturated carbocycles. The van der Waals surface area contributed by atoms with Crippen molar-refractivity contribution in [2.75, 3.05) is 18.0 Å². The second-order valence-corrected chi connectivity index (χ2v) is 7.84. The van der Waals surface area contributed by atoms with Crippen LogP contribution >= 0.6 is 11.6 Å². The van der Waals surface area contributed by atoms with Crippen LogP contribution in [0, 0.1) is 19.8 Å². The van der Waals surface area contributed by atoms with E-state index >= 15 is 0 Å². The van der Waals surface area contributed by atoms with Crippen LogP contribution in [0.25, 0.3) is 0 Å². The minimum absolute atomic E-state index is 0.0756. The number of halogens is 3. The molecule has 148 valence electrons. The molecule has 28 heavy (non-hydrogen) atoms. The topological polar surface area (TPSA) is 49.3 Å². The summed E-state index contributed by atoms with van der Waals surface area (Å²) >= 11 is 6.31. The molecule has 0 spiro atoms. The number of alkyl halides is 2. The first-order valence-corrected chi connectivity index (χ1v) is 9.64. The van der Waals surface area contributed by atoms with Gasteiger partial charge in [0.2, 0.25) is 5.91 Å². The summed E-state index contributed by atoms with van der Waals surface area (Å²) in [5.41, 5.74) is 4.26. The Bertz CT molecular complexity index is 937. The number of hydrogen-bond donors (Lipinski definition) is 0. The molecule has 0 aliphatic carbocycles. The van der Waals surface area contributed by atoms with Gasteiger partial charge in [0.1, 0.15) is 0 Å². The summed E-state index contributed by atoms with van der Waals surface area (Å²) in [5, 5.41) is 0.659. The summed E-state index contributed by atoms with van der Waals surface area (Å²) in [7, 11) is 0. The van der Waals surface area contributed by atoms with E-state index in [1.807, 2.05) is 23.6 Å². The summed E-state index contributed by atoms with van der Waals surface area (Å²) in [6.45, 7) is 6.00. The van der Waals surface area contributed by atoms with Crippen LogP contribution in [0.3, 0.4) is 0 Å². The van der Waals surface area contributed by atoms with Crippen molar-refractivity contribution in [1.82, 2.24) is 14.9 Å². The summed E-state index contributed by atoms with van der Waals surface area (Å²) < 4.78 is 25.9. The van der Waals surface area contributed by atoms with Gasteiger partial charge >= 0.3 is 0 Å². The fourth-order valence-corrected chi connectivity index (χ4v) is 4.21. The fourth-order valence-electron chi connectivity index (χ4n) is 4.06. The summed E-state index contributed by atoms with van der Waals surface area (Å²) in [4.78, 5) is 25.3. The molecule has 1 amide bonds. The highest BCUT2D eigenvalue weighted by Crippen LogP contribution is 2.33. The summed E-state index contributed by atoms with van der Waals surface area (Å²) in [6.07, 6.45) is 0.886. The number of fused-ring (bicyclic) bond motifs is 1. The number of anilines is 1. The van der Waals surface area contributed by atoms with Crippen LogP contribution in [0.15, 0.2) is 18.5 Å². The lowest BCUT2D eigenvalue weighted by atomic mass is 10.1. The number of carbonyl (C=O) groups is 1. The number of aryl methyl sites for hydroxylation is 1. The minimum atomic E-state index is -2.55. The van der Waals surface area contributed by atoms with Gasteiger partial charge in [-0.15, -0.1) is 0 Å². The number of rotatable bonds is 3. The molecular formula is C20H21ClF2N4O. The molecular weight excluding hydrogens is 386 g/mol. The maximum absolute atomic E-state index is 13.1. The van der Waals surface area contributed by atoms with Gasteiger partial charge in [-0.1, -0.05) is 11.6 Å². The molecule has 0 unspecified atom stereocenters. The van der Waals surface area contributed by atoms with Gasteiger partial charge in [0.25, 0.3) is 6.43 Å². The second kappa shape index (κ2) is 7.28. The van der Waals surface area contributed by atoms with Crippen LogP contribution < -0.4 is 4.90 Å². The minimum Gasteiger partial charge on any atom is -0.369 e. The number of nitrogens with zero attached hydrogens (tertiary/aromatic N) is 4. The van der Waals surface area contributed by atoms with Crippen molar-refractivity contribution in [1.29, 1.82) is 0 Å². The van der Waals surface area contributed by atoms with Crippen LogP contribution in [0.1, 0.15) is 40.9 Å². The van der Waals surface area contributed by atoms with E-state index in [1.165, 1.54) is 12.3 Å². The first kappa shape index (κ1) is 19.1. The summed E-state index contributed by atoms with van der Waals surface area (Å²) in [5.74, 6) is -0.0898. The zero-order valence-electron chi connectivity index (χ0n) is 15.8. The Labute approximate surface area is 167 Å². The molecule has 0 N–H and O–H groups in total. The van der Waals surface area contributed by atoms with Crippen molar-refractivity contribution in [3.63, 3.8) is 0 Å². The van der Waals surface area contributed by atoms with Crippen molar-refractivity contribution in [2.24, 2.45) is 5.92 Å². The van der Waals surface area contributed by atoms with E-state index in [-0.39, 0.29) is 17.4 Å². The number of carbonyl (C=O) groups excluding carboxylic acids is 1. The molecule has 5 nitrogen and oxygen atoms in total. The molecule has 8 heteroatoms. The molecule has 4 heterocycles. The zero-order chi connectivity index (χ0) is 20.0. The van der Waals surface area contributed by atoms with Gasteiger partial charge in [-0.3, -0.25) is 14.8 Å². The van der Waals surface area contributed by atoms with Crippen LogP contribution in [0.5, 0.6) is 0 Å². The predicted molar refractivity (Wildman–Crippen MR) is 102 cm³/mol. The molecule has 1 atom stereocenters. The average molecular weight is 407 g/mol. The Kier molecular flexibility index (Phi) is 4.95. The fraction of sp³-hybridized carbons (Fsp3) is 0.450. The van der Waals surface area contributed by atoms with E-state index in [1.54, 1.807) is 6.20 Å². The Morgan fingerprint density at radius 2 is 2.07 bits per heavy atom. The molecule has 0 aromatic carbocycles. The Morgan fingerprint density at radius 3 is 2.82 bits per heavy atom. The van der Waals surface area contributed by atoms with Crippen LogP contribution in [0.4, 0.5) is 14.5 Å². The smallest absolute Gasteiger partial charge is 0.265 e. The van der Waals surface area contributed by atoms with Crippen molar-refractivity contribution < 1.29 is 13.6 Å². The zero-order valence-corrected chi connectivity index (χ0v) is 16.5. The number of aromatic nitrogens is 2. The van der Waals surface area contributed by atoms with Crippen LogP contribution in [0.2, 0.25) is 5.02 Å². The van der Waals surface area contributed by atoms with Gasteiger partial charge in [-0.2, -0.15) is 0 Å². The molecule has 0 bridgehead atoms. The molecule has 1 saturated heterocycles. The SMILES string of the molecule is Cc1nc2c(c(C)c1Cl)CN(C(=O)[C@@H]1CCN(c3cncc(C(F)F)c3)C1)C2. The van der Waals surface area contributed by atoms with E-state index < -0.39 is 6.43 Å². The number of pyridine rings is 2. The van der Waals surface area contributed by atoms with E-state index in [2.05, 4.69) is 9.97 Å². The van der Waals surface area contributed by atoms with E-state index in [0.29, 0.717) is 43.3 Å². The second-order valence-electron chi connectivity index (χ2n) is 7.46. The third-order valence-corrected chi connectivity index (χ3v) is 6.21. The van der Waals surface area contributed by atoms with Gasteiger partial charge < -0.3 is 9.80 Å². The maximum atomic E-state index is 13.1. The normalized spacial score (nSPS) is 18.9. The Balaban J connectivity index is 1.46. The first-order chi connectivity index (χ1) is 13.3. The predicted octanol–water partition coefficient (Wildman–Crippen LogP) is 4.05. The lowest BCUT2D eigenvalue weighted by Gasteiger charge is -2.21. The van der Waals surface area contributed by atoms with Gasteiger partial charge in [0, 0.05) is 31.4 Å². The standard InChI is InChI=1S/C20H21ClF2N4O/c1-11-16-9-27(10-17(16)25-12(2)18(11)21)20(28)13-3-4-26(8-13)15-5-14(19(22)23)6-24-7-15/h5-7,13,19H,3-4,8-10H2,1-2H3/t13-/m1/s1. The van der Waals surface area contributed by atoms with Crippen molar-refractivity contribution in [3.05, 3.63) is 51.6 Å². The van der Waals surface area contributed by atoms with Crippen molar-refractivity contribution in [3.8, 4) is 0 Å². The van der Waals surface area contributed by atoms with Gasteiger partial charge in [0.05, 0.1) is 40.8 Å². The largest absolute Gasteiger partial charge is 0.369 e. The molecule has 1 fully saturated rings. The van der Waals surface area contributed by atoms with Gasteiger partial charge in [0.15, 0.2) is 0 Å². The van der Waals surface area contributed by atoms with Crippen molar-refractivity contribution >= 4 is 23.2 Å². The Hall–Kier alpha value is -2.28.